The molecule has 100 valence electrons. The summed E-state index contributed by atoms with van der Waals surface area (Å²) in [5.41, 5.74) is 0. The van der Waals surface area contributed by atoms with Gasteiger partial charge in [-0.1, -0.05) is 6.42 Å². The summed E-state index contributed by atoms with van der Waals surface area (Å²) in [7, 11) is 2.21. The maximum Gasteiger partial charge on any atom is 0.328 e. The predicted octanol–water partition coefficient (Wildman–Crippen LogP) is 1.62. The molecule has 1 rings (SSSR count). The van der Waals surface area contributed by atoms with Crippen molar-refractivity contribution in [3.05, 3.63) is 12.2 Å². The third-order valence-corrected chi connectivity index (χ3v) is 2.50. The second kappa shape index (κ2) is 10.1. The molecular weight excluding hydrogens is 246 g/mol. The number of carbonyl (C=O) groups is 2. The largest absolute Gasteiger partial charge is 0.478 e. The van der Waals surface area contributed by atoms with Gasteiger partial charge >= 0.3 is 11.9 Å². The minimum absolute atomic E-state index is 0. The van der Waals surface area contributed by atoms with Gasteiger partial charge in [0.05, 0.1) is 0 Å². The molecule has 17 heavy (non-hydrogen) atoms. The van der Waals surface area contributed by atoms with Crippen molar-refractivity contribution >= 4 is 24.3 Å². The molecule has 5 nitrogen and oxygen atoms in total. The molecule has 0 radical (unpaired) electrons. The molecule has 2 N–H and O–H groups in total. The van der Waals surface area contributed by atoms with Gasteiger partial charge in [-0.3, -0.25) is 0 Å². The highest BCUT2D eigenvalue weighted by molar-refractivity contribution is 5.89. The molecule has 1 atom stereocenters. The highest BCUT2D eigenvalue weighted by Crippen LogP contribution is 2.13. The van der Waals surface area contributed by atoms with Gasteiger partial charge in [0.25, 0.3) is 0 Å². The molecule has 1 unspecified atom stereocenters. The summed E-state index contributed by atoms with van der Waals surface area (Å²) in [6.45, 7) is 3.61. The van der Waals surface area contributed by atoms with Crippen molar-refractivity contribution in [2.75, 3.05) is 13.6 Å². The molecular formula is C11H20ClNO4. The van der Waals surface area contributed by atoms with Gasteiger partial charge in [-0.05, 0) is 33.4 Å². The Balaban J connectivity index is 0. The first kappa shape index (κ1) is 18.3. The van der Waals surface area contributed by atoms with Gasteiger partial charge in [0, 0.05) is 18.2 Å². The fourth-order valence-electron chi connectivity index (χ4n) is 1.38. The molecule has 1 aliphatic heterocycles. The van der Waals surface area contributed by atoms with E-state index >= 15 is 0 Å². The van der Waals surface area contributed by atoms with Gasteiger partial charge < -0.3 is 15.1 Å². The van der Waals surface area contributed by atoms with E-state index in [2.05, 4.69) is 18.9 Å². The Morgan fingerprint density at radius 3 is 1.88 bits per heavy atom. The fourth-order valence-corrected chi connectivity index (χ4v) is 1.38. The predicted molar refractivity (Wildman–Crippen MR) is 67.6 cm³/mol. The minimum atomic E-state index is -1.26. The van der Waals surface area contributed by atoms with Crippen LogP contribution in [0, 0.1) is 0 Å². The molecule has 0 amide bonds. The molecule has 1 fully saturated rings. The molecule has 0 aromatic carbocycles. The molecule has 1 saturated heterocycles. The van der Waals surface area contributed by atoms with Crippen LogP contribution in [0.25, 0.3) is 0 Å². The quantitative estimate of drug-likeness (QED) is 0.742. The van der Waals surface area contributed by atoms with Gasteiger partial charge in [0.2, 0.25) is 0 Å². The van der Waals surface area contributed by atoms with Crippen molar-refractivity contribution < 1.29 is 19.8 Å². The molecule has 1 aliphatic rings. The molecule has 0 spiro atoms. The van der Waals surface area contributed by atoms with E-state index in [-0.39, 0.29) is 12.4 Å². The lowest BCUT2D eigenvalue weighted by atomic mass is 10.1. The van der Waals surface area contributed by atoms with Crippen molar-refractivity contribution in [3.8, 4) is 0 Å². The van der Waals surface area contributed by atoms with Gasteiger partial charge in [-0.25, -0.2) is 9.59 Å². The Bertz CT molecular complexity index is 242. The van der Waals surface area contributed by atoms with Gasteiger partial charge in [0.15, 0.2) is 0 Å². The van der Waals surface area contributed by atoms with Crippen LogP contribution in [0.15, 0.2) is 12.2 Å². The molecule has 0 aromatic rings. The number of hydrogen-bond acceptors (Lipinski definition) is 3. The molecule has 0 bridgehead atoms. The van der Waals surface area contributed by atoms with E-state index in [1.165, 1.54) is 25.8 Å². The first-order valence-electron chi connectivity index (χ1n) is 5.27. The van der Waals surface area contributed by atoms with Crippen LogP contribution < -0.4 is 0 Å². The van der Waals surface area contributed by atoms with Crippen LogP contribution in [0.2, 0.25) is 0 Å². The summed E-state index contributed by atoms with van der Waals surface area (Å²) in [5.74, 6) is -2.51. The van der Waals surface area contributed by atoms with Crippen LogP contribution in [0.3, 0.4) is 0 Å². The lowest BCUT2D eigenvalue weighted by molar-refractivity contribution is -0.134. The van der Waals surface area contributed by atoms with E-state index in [0.717, 1.165) is 6.04 Å². The number of halogens is 1. The smallest absolute Gasteiger partial charge is 0.328 e. The number of hydrogen-bond donors (Lipinski definition) is 2. The zero-order chi connectivity index (χ0) is 12.6. The number of aliphatic carboxylic acids is 2. The van der Waals surface area contributed by atoms with Crippen molar-refractivity contribution in [2.24, 2.45) is 0 Å². The van der Waals surface area contributed by atoms with E-state index in [1.54, 1.807) is 0 Å². The third kappa shape index (κ3) is 11.2. The SMILES string of the molecule is CC1CCCCN1C.Cl.O=C(O)C=CC(=O)O. The zero-order valence-corrected chi connectivity index (χ0v) is 10.9. The molecule has 1 heterocycles. The second-order valence-electron chi connectivity index (χ2n) is 3.84. The maximum absolute atomic E-state index is 9.55. The van der Waals surface area contributed by atoms with Crippen LogP contribution in [-0.2, 0) is 9.59 Å². The van der Waals surface area contributed by atoms with Crippen molar-refractivity contribution in [3.63, 3.8) is 0 Å². The molecule has 0 aliphatic carbocycles. The first-order chi connectivity index (χ1) is 7.43. The summed E-state index contributed by atoms with van der Waals surface area (Å²) in [6, 6.07) is 0.837. The van der Waals surface area contributed by atoms with E-state index in [4.69, 9.17) is 10.2 Å². The number of piperidine rings is 1. The zero-order valence-electron chi connectivity index (χ0n) is 10.1. The number of carboxylic acid groups (broad SMARTS) is 2. The first-order valence-corrected chi connectivity index (χ1v) is 5.27. The Hall–Kier alpha value is -1.07. The summed E-state index contributed by atoms with van der Waals surface area (Å²) in [5, 5.41) is 15.6. The van der Waals surface area contributed by atoms with E-state index in [1.807, 2.05) is 0 Å². The topological polar surface area (TPSA) is 77.8 Å². The minimum Gasteiger partial charge on any atom is -0.478 e. The van der Waals surface area contributed by atoms with Crippen molar-refractivity contribution in [1.82, 2.24) is 4.90 Å². The lowest BCUT2D eigenvalue weighted by Crippen LogP contribution is -2.33. The Kier molecular flexibility index (Phi) is 10.9. The highest BCUT2D eigenvalue weighted by atomic mass is 35.5. The Morgan fingerprint density at radius 1 is 1.18 bits per heavy atom. The van der Waals surface area contributed by atoms with Gasteiger partial charge in [-0.2, -0.15) is 0 Å². The number of nitrogens with zero attached hydrogens (tertiary/aromatic N) is 1. The number of rotatable bonds is 2. The fraction of sp³-hybridized carbons (Fsp3) is 0.636. The molecule has 0 saturated carbocycles. The van der Waals surface area contributed by atoms with Crippen molar-refractivity contribution in [1.29, 1.82) is 0 Å². The molecule has 6 heteroatoms. The van der Waals surface area contributed by atoms with Crippen LogP contribution >= 0.6 is 12.4 Å². The number of carboxylic acids is 2. The average Bonchev–Trinajstić information content (AvgIpc) is 2.20. The van der Waals surface area contributed by atoms with Gasteiger partial charge in [0.1, 0.15) is 0 Å². The summed E-state index contributed by atoms with van der Waals surface area (Å²) >= 11 is 0. The van der Waals surface area contributed by atoms with Gasteiger partial charge in [-0.15, -0.1) is 12.4 Å². The summed E-state index contributed by atoms with van der Waals surface area (Å²) < 4.78 is 0. The van der Waals surface area contributed by atoms with Crippen LogP contribution in [0.5, 0.6) is 0 Å². The third-order valence-electron chi connectivity index (χ3n) is 2.50. The standard InChI is InChI=1S/C7H15N.C4H4O4.ClH/c1-7-5-3-4-6-8(7)2;5-3(6)1-2-4(7)8;/h7H,3-6H2,1-2H3;1-2H,(H,5,6)(H,7,8);1H. The normalized spacial score (nSPS) is 20.0. The Morgan fingerprint density at radius 2 is 1.65 bits per heavy atom. The Labute approximate surface area is 108 Å². The second-order valence-corrected chi connectivity index (χ2v) is 3.84. The van der Waals surface area contributed by atoms with E-state index in [9.17, 15) is 9.59 Å². The van der Waals surface area contributed by atoms with Crippen molar-refractivity contribution in [2.45, 2.75) is 32.2 Å². The number of likely N-dealkylation sites (tertiary alicyclic amines) is 1. The lowest BCUT2D eigenvalue weighted by Gasteiger charge is -2.29. The van der Waals surface area contributed by atoms with E-state index in [0.29, 0.717) is 12.2 Å². The average molecular weight is 266 g/mol. The monoisotopic (exact) mass is 265 g/mol. The van der Waals surface area contributed by atoms with E-state index < -0.39 is 11.9 Å². The molecule has 0 aromatic heterocycles. The highest BCUT2D eigenvalue weighted by Gasteiger charge is 2.12. The summed E-state index contributed by atoms with van der Waals surface area (Å²) in [4.78, 5) is 21.5. The van der Waals surface area contributed by atoms with Crippen LogP contribution in [0.1, 0.15) is 26.2 Å². The van der Waals surface area contributed by atoms with Crippen LogP contribution in [0.4, 0.5) is 0 Å². The summed E-state index contributed by atoms with van der Waals surface area (Å²) in [6.07, 6.45) is 5.35. The maximum atomic E-state index is 9.55. The van der Waals surface area contributed by atoms with Crippen LogP contribution in [-0.4, -0.2) is 46.7 Å².